The first-order valence-electron chi connectivity index (χ1n) is 12.3. The zero-order valence-corrected chi connectivity index (χ0v) is 23.1. The number of thioether (sulfide) groups is 1. The Hall–Kier alpha value is -2.13. The van der Waals surface area contributed by atoms with Gasteiger partial charge in [-0.2, -0.15) is 11.8 Å². The van der Waals surface area contributed by atoms with Crippen LogP contribution in [-0.2, 0) is 20.8 Å². The molecule has 1 rings (SSSR count). The number of benzene rings is 1. The van der Waals surface area contributed by atoms with E-state index in [0.29, 0.717) is 30.0 Å². The monoisotopic (exact) mass is 523 g/mol. The Morgan fingerprint density at radius 2 is 1.63 bits per heavy atom. The maximum absolute atomic E-state index is 13.2. The van der Waals surface area contributed by atoms with Crippen LogP contribution in [-0.4, -0.2) is 58.0 Å². The molecular formula is C26H41N3O4S2. The molecule has 4 atom stereocenters. The van der Waals surface area contributed by atoms with Crippen molar-refractivity contribution in [1.29, 1.82) is 0 Å². The Bertz CT molecular complexity index is 820. The van der Waals surface area contributed by atoms with Gasteiger partial charge in [0.05, 0.1) is 4.99 Å². The standard InChI is InChI=1S/C26H41N3O4S2/c1-6-18(4)23(25(31)27-20(26(32)33)15-16-35-5)29-24(30)22(17(2)3)28-21(34)14-10-13-19-11-8-7-9-12-19/h7-9,11-12,17-18,20,22-23H,6,10,13-16H2,1-5H3,(H,27,31)(H,28,34)(H,29,30)(H,32,33)/t18-,20-,22-,23-/m0/s1. The third-order valence-electron chi connectivity index (χ3n) is 6.00. The summed E-state index contributed by atoms with van der Waals surface area (Å²) >= 11 is 7.03. The van der Waals surface area contributed by atoms with Gasteiger partial charge in [-0.15, -0.1) is 0 Å². The first-order chi connectivity index (χ1) is 16.6. The van der Waals surface area contributed by atoms with E-state index in [0.717, 1.165) is 12.8 Å². The van der Waals surface area contributed by atoms with Crippen molar-refractivity contribution in [3.63, 3.8) is 0 Å². The maximum atomic E-state index is 13.2. The number of carbonyl (C=O) groups excluding carboxylic acids is 2. The molecule has 0 heterocycles. The van der Waals surface area contributed by atoms with Crippen molar-refractivity contribution in [3.05, 3.63) is 35.9 Å². The lowest BCUT2D eigenvalue weighted by Crippen LogP contribution is -2.58. The molecule has 0 aliphatic carbocycles. The molecule has 0 aliphatic rings. The van der Waals surface area contributed by atoms with Gasteiger partial charge in [0.25, 0.3) is 0 Å². The van der Waals surface area contributed by atoms with E-state index in [-0.39, 0.29) is 17.7 Å². The van der Waals surface area contributed by atoms with E-state index >= 15 is 0 Å². The van der Waals surface area contributed by atoms with Gasteiger partial charge in [0, 0.05) is 0 Å². The highest BCUT2D eigenvalue weighted by molar-refractivity contribution is 7.98. The summed E-state index contributed by atoms with van der Waals surface area (Å²) in [6.45, 7) is 7.64. The van der Waals surface area contributed by atoms with E-state index in [1.165, 1.54) is 17.3 Å². The van der Waals surface area contributed by atoms with Crippen molar-refractivity contribution in [2.75, 3.05) is 12.0 Å². The van der Waals surface area contributed by atoms with E-state index in [9.17, 15) is 19.5 Å². The van der Waals surface area contributed by atoms with Gasteiger partial charge >= 0.3 is 5.97 Å². The van der Waals surface area contributed by atoms with Gasteiger partial charge in [-0.05, 0) is 55.1 Å². The first kappa shape index (κ1) is 30.9. The molecule has 0 unspecified atom stereocenters. The lowest BCUT2D eigenvalue weighted by Gasteiger charge is -2.29. The smallest absolute Gasteiger partial charge is 0.326 e. The van der Waals surface area contributed by atoms with Crippen LogP contribution in [0, 0.1) is 11.8 Å². The second-order valence-electron chi connectivity index (χ2n) is 9.18. The molecule has 0 radical (unpaired) electrons. The summed E-state index contributed by atoms with van der Waals surface area (Å²) in [4.78, 5) is 38.4. The number of amides is 2. The number of carbonyl (C=O) groups is 3. The summed E-state index contributed by atoms with van der Waals surface area (Å²) in [6.07, 6.45) is 5.28. The number of rotatable bonds is 16. The quantitative estimate of drug-likeness (QED) is 0.244. The Kier molecular flexibility index (Phi) is 14.6. The molecule has 0 saturated carbocycles. The maximum Gasteiger partial charge on any atom is 0.326 e. The predicted molar refractivity (Wildman–Crippen MR) is 148 cm³/mol. The Morgan fingerprint density at radius 1 is 1.00 bits per heavy atom. The normalized spacial score (nSPS) is 14.5. The highest BCUT2D eigenvalue weighted by Crippen LogP contribution is 2.12. The summed E-state index contributed by atoms with van der Waals surface area (Å²) in [6, 6.07) is 7.75. The van der Waals surface area contributed by atoms with Crippen LogP contribution in [0.2, 0.25) is 0 Å². The van der Waals surface area contributed by atoms with E-state index < -0.39 is 30.0 Å². The Labute approximate surface area is 219 Å². The van der Waals surface area contributed by atoms with Gasteiger partial charge in [0.1, 0.15) is 18.1 Å². The van der Waals surface area contributed by atoms with Crippen LogP contribution in [0.25, 0.3) is 0 Å². The van der Waals surface area contributed by atoms with Crippen LogP contribution in [0.1, 0.15) is 58.9 Å². The molecule has 1 aromatic rings. The second kappa shape index (κ2) is 16.5. The Balaban J connectivity index is 2.79. The van der Waals surface area contributed by atoms with E-state index in [1.54, 1.807) is 0 Å². The topological polar surface area (TPSA) is 108 Å². The summed E-state index contributed by atoms with van der Waals surface area (Å²) in [7, 11) is 0. The summed E-state index contributed by atoms with van der Waals surface area (Å²) < 4.78 is 0. The zero-order valence-electron chi connectivity index (χ0n) is 21.5. The van der Waals surface area contributed by atoms with Crippen molar-refractivity contribution < 1.29 is 19.5 Å². The number of hydrogen-bond donors (Lipinski definition) is 4. The lowest BCUT2D eigenvalue weighted by molar-refractivity contribution is -0.142. The van der Waals surface area contributed by atoms with Gasteiger partial charge in [0.15, 0.2) is 0 Å². The highest BCUT2D eigenvalue weighted by atomic mass is 32.2. The lowest BCUT2D eigenvalue weighted by atomic mass is 9.96. The minimum atomic E-state index is -1.08. The molecule has 0 bridgehead atoms. The van der Waals surface area contributed by atoms with Crippen molar-refractivity contribution in [3.8, 4) is 0 Å². The fourth-order valence-electron chi connectivity index (χ4n) is 3.58. The summed E-state index contributed by atoms with van der Waals surface area (Å²) in [5.74, 6) is -1.49. The van der Waals surface area contributed by atoms with Crippen LogP contribution in [0.15, 0.2) is 30.3 Å². The van der Waals surface area contributed by atoms with Crippen LogP contribution in [0.5, 0.6) is 0 Å². The molecule has 7 nitrogen and oxygen atoms in total. The van der Waals surface area contributed by atoms with Crippen molar-refractivity contribution >= 4 is 46.8 Å². The van der Waals surface area contributed by atoms with Crippen molar-refractivity contribution in [2.24, 2.45) is 11.8 Å². The van der Waals surface area contributed by atoms with Gasteiger partial charge in [-0.3, -0.25) is 9.59 Å². The molecule has 9 heteroatoms. The second-order valence-corrected chi connectivity index (χ2v) is 10.7. The number of carboxylic acid groups (broad SMARTS) is 1. The minimum Gasteiger partial charge on any atom is -0.480 e. The molecule has 0 aliphatic heterocycles. The van der Waals surface area contributed by atoms with Crippen molar-refractivity contribution in [1.82, 2.24) is 16.0 Å². The molecule has 196 valence electrons. The number of carboxylic acids is 1. The number of thiocarbonyl (C=S) groups is 1. The average Bonchev–Trinajstić information content (AvgIpc) is 2.83. The van der Waals surface area contributed by atoms with Crippen LogP contribution in [0.3, 0.4) is 0 Å². The molecule has 4 N–H and O–H groups in total. The molecule has 2 amide bonds. The van der Waals surface area contributed by atoms with Gasteiger partial charge in [-0.1, -0.05) is 76.7 Å². The first-order valence-corrected chi connectivity index (χ1v) is 14.1. The van der Waals surface area contributed by atoms with Crippen LogP contribution in [0.4, 0.5) is 0 Å². The zero-order chi connectivity index (χ0) is 26.4. The largest absolute Gasteiger partial charge is 0.480 e. The molecule has 0 saturated heterocycles. The third-order valence-corrected chi connectivity index (χ3v) is 6.96. The summed E-state index contributed by atoms with van der Waals surface area (Å²) in [5, 5.41) is 18.1. The van der Waals surface area contributed by atoms with Gasteiger partial charge in [0.2, 0.25) is 11.8 Å². The molecular weight excluding hydrogens is 482 g/mol. The fraction of sp³-hybridized carbons (Fsp3) is 0.615. The van der Waals surface area contributed by atoms with E-state index in [4.69, 9.17) is 12.2 Å². The SMILES string of the molecule is CC[C@H](C)[C@H](NC(=O)[C@@H](NC(=S)CCCc1ccccc1)C(C)C)C(=O)N[C@@H](CCSC)C(=O)O. The molecule has 0 spiro atoms. The number of nitrogens with one attached hydrogen (secondary N) is 3. The number of aryl methyl sites for hydroxylation is 1. The van der Waals surface area contributed by atoms with Crippen molar-refractivity contribution in [2.45, 2.75) is 77.9 Å². The highest BCUT2D eigenvalue weighted by Gasteiger charge is 2.32. The van der Waals surface area contributed by atoms with Gasteiger partial charge in [-0.25, -0.2) is 4.79 Å². The molecule has 35 heavy (non-hydrogen) atoms. The fourth-order valence-corrected chi connectivity index (χ4v) is 4.32. The van der Waals surface area contributed by atoms with Crippen LogP contribution >= 0.6 is 24.0 Å². The van der Waals surface area contributed by atoms with Gasteiger partial charge < -0.3 is 21.1 Å². The van der Waals surface area contributed by atoms with E-state index in [1.807, 2.05) is 52.1 Å². The predicted octanol–water partition coefficient (Wildman–Crippen LogP) is 3.80. The number of aliphatic carboxylic acids is 1. The molecule has 0 fully saturated rings. The molecule has 0 aromatic heterocycles. The van der Waals surface area contributed by atoms with Crippen LogP contribution < -0.4 is 16.0 Å². The minimum absolute atomic E-state index is 0.0592. The third kappa shape index (κ3) is 11.4. The van der Waals surface area contributed by atoms with E-state index in [2.05, 4.69) is 28.1 Å². The average molecular weight is 524 g/mol. The number of hydrogen-bond acceptors (Lipinski definition) is 5. The Morgan fingerprint density at radius 3 is 2.17 bits per heavy atom. The summed E-state index contributed by atoms with van der Waals surface area (Å²) in [5.41, 5.74) is 1.24. The molecule has 1 aromatic carbocycles.